The van der Waals surface area contributed by atoms with Gasteiger partial charge in [-0.25, -0.2) is 13.1 Å². The molecule has 0 atom stereocenters. The van der Waals surface area contributed by atoms with Crippen molar-refractivity contribution < 1.29 is 8.42 Å². The second kappa shape index (κ2) is 8.15. The number of aromatic nitrogens is 3. The van der Waals surface area contributed by atoms with E-state index in [1.807, 2.05) is 4.57 Å². The molecule has 2 rings (SSSR count). The van der Waals surface area contributed by atoms with Gasteiger partial charge in [-0.3, -0.25) is 0 Å². The molecule has 1 aromatic carbocycles. The average Bonchev–Trinajstić information content (AvgIpc) is 2.88. The standard InChI is InChI=1S/C15H19ClN4O2S2/c1-4-9-20-14(18-19-15(20)23-11(2)3)10-17-24(21,22)13-7-5-12(16)6-8-13/h4-8,11,17H,1,9-10H2,2-3H3. The SMILES string of the molecule is C=CCn1c(CNS(=O)(=O)c2ccc(Cl)cc2)nnc1SC(C)C. The number of benzene rings is 1. The number of allylic oxidation sites excluding steroid dienone is 1. The van der Waals surface area contributed by atoms with Crippen LogP contribution >= 0.6 is 23.4 Å². The zero-order chi connectivity index (χ0) is 17.7. The first-order chi connectivity index (χ1) is 11.3. The summed E-state index contributed by atoms with van der Waals surface area (Å²) in [5.41, 5.74) is 0. The number of halogens is 1. The molecule has 2 aromatic rings. The third kappa shape index (κ3) is 4.83. The van der Waals surface area contributed by atoms with Crippen LogP contribution in [0, 0.1) is 0 Å². The summed E-state index contributed by atoms with van der Waals surface area (Å²) in [7, 11) is -3.64. The Labute approximate surface area is 151 Å². The lowest BCUT2D eigenvalue weighted by Crippen LogP contribution is -2.25. The Morgan fingerprint density at radius 1 is 1.33 bits per heavy atom. The van der Waals surface area contributed by atoms with E-state index in [0.29, 0.717) is 22.6 Å². The Kier molecular flexibility index (Phi) is 6.45. The molecule has 6 nitrogen and oxygen atoms in total. The molecule has 0 fully saturated rings. The highest BCUT2D eigenvalue weighted by atomic mass is 35.5. The minimum absolute atomic E-state index is 0.0461. The highest BCUT2D eigenvalue weighted by Crippen LogP contribution is 2.22. The number of hydrogen-bond acceptors (Lipinski definition) is 5. The molecule has 0 bridgehead atoms. The average molecular weight is 387 g/mol. The summed E-state index contributed by atoms with van der Waals surface area (Å²) in [5.74, 6) is 0.538. The quantitative estimate of drug-likeness (QED) is 0.557. The maximum atomic E-state index is 12.3. The summed E-state index contributed by atoms with van der Waals surface area (Å²) in [4.78, 5) is 0.151. The van der Waals surface area contributed by atoms with Crippen LogP contribution in [-0.4, -0.2) is 28.4 Å². The monoisotopic (exact) mass is 386 g/mol. The third-order valence-corrected chi connectivity index (χ3v) is 5.64. The van der Waals surface area contributed by atoms with Gasteiger partial charge in [0.2, 0.25) is 10.0 Å². The third-order valence-electron chi connectivity index (χ3n) is 2.99. The number of hydrogen-bond donors (Lipinski definition) is 1. The van der Waals surface area contributed by atoms with E-state index in [9.17, 15) is 8.42 Å². The molecule has 24 heavy (non-hydrogen) atoms. The molecule has 0 saturated carbocycles. The largest absolute Gasteiger partial charge is 0.301 e. The van der Waals surface area contributed by atoms with Crippen molar-refractivity contribution in [1.82, 2.24) is 19.5 Å². The van der Waals surface area contributed by atoms with Gasteiger partial charge in [-0.05, 0) is 24.3 Å². The molecule has 0 aliphatic rings. The van der Waals surface area contributed by atoms with Crippen molar-refractivity contribution in [3.63, 3.8) is 0 Å². The van der Waals surface area contributed by atoms with E-state index >= 15 is 0 Å². The minimum atomic E-state index is -3.64. The van der Waals surface area contributed by atoms with E-state index in [1.165, 1.54) is 24.3 Å². The molecule has 0 radical (unpaired) electrons. The van der Waals surface area contributed by atoms with Gasteiger partial charge < -0.3 is 4.57 Å². The van der Waals surface area contributed by atoms with Crippen molar-refractivity contribution in [2.45, 2.75) is 42.2 Å². The first kappa shape index (κ1) is 19.0. The zero-order valence-corrected chi connectivity index (χ0v) is 15.8. The molecular weight excluding hydrogens is 368 g/mol. The maximum absolute atomic E-state index is 12.3. The Hall–Kier alpha value is -1.35. The normalized spacial score (nSPS) is 11.8. The lowest BCUT2D eigenvalue weighted by Gasteiger charge is -2.10. The second-order valence-electron chi connectivity index (χ2n) is 5.24. The van der Waals surface area contributed by atoms with Gasteiger partial charge in [0.1, 0.15) is 5.82 Å². The molecule has 1 aromatic heterocycles. The van der Waals surface area contributed by atoms with Crippen LogP contribution in [0.1, 0.15) is 19.7 Å². The molecular formula is C15H19ClN4O2S2. The number of sulfonamides is 1. The van der Waals surface area contributed by atoms with Crippen molar-refractivity contribution in [1.29, 1.82) is 0 Å². The first-order valence-corrected chi connectivity index (χ1v) is 10.0. The van der Waals surface area contributed by atoms with E-state index in [0.717, 1.165) is 5.16 Å². The van der Waals surface area contributed by atoms with E-state index < -0.39 is 10.0 Å². The van der Waals surface area contributed by atoms with Crippen LogP contribution in [0.2, 0.25) is 5.02 Å². The molecule has 1 N–H and O–H groups in total. The lowest BCUT2D eigenvalue weighted by molar-refractivity contribution is 0.574. The van der Waals surface area contributed by atoms with Gasteiger partial charge in [-0.1, -0.05) is 43.3 Å². The van der Waals surface area contributed by atoms with E-state index in [1.54, 1.807) is 17.8 Å². The van der Waals surface area contributed by atoms with Crippen molar-refractivity contribution >= 4 is 33.4 Å². The number of nitrogens with zero attached hydrogens (tertiary/aromatic N) is 3. The van der Waals surface area contributed by atoms with Crippen LogP contribution in [0.25, 0.3) is 0 Å². The van der Waals surface area contributed by atoms with Gasteiger partial charge in [0.05, 0.1) is 11.4 Å². The van der Waals surface area contributed by atoms with Crippen LogP contribution in [0.5, 0.6) is 0 Å². The molecule has 0 spiro atoms. The van der Waals surface area contributed by atoms with Crippen LogP contribution in [0.3, 0.4) is 0 Å². The Balaban J connectivity index is 2.17. The topological polar surface area (TPSA) is 76.9 Å². The van der Waals surface area contributed by atoms with Gasteiger partial charge in [0.15, 0.2) is 5.16 Å². The first-order valence-electron chi connectivity index (χ1n) is 7.28. The zero-order valence-electron chi connectivity index (χ0n) is 13.4. The molecule has 1 heterocycles. The maximum Gasteiger partial charge on any atom is 0.240 e. The number of nitrogens with one attached hydrogen (secondary N) is 1. The molecule has 130 valence electrons. The van der Waals surface area contributed by atoms with E-state index in [2.05, 4.69) is 35.3 Å². The van der Waals surface area contributed by atoms with Crippen molar-refractivity contribution in [2.75, 3.05) is 0 Å². The summed E-state index contributed by atoms with van der Waals surface area (Å²) >= 11 is 7.35. The fraction of sp³-hybridized carbons (Fsp3) is 0.333. The van der Waals surface area contributed by atoms with Crippen LogP contribution in [0.15, 0.2) is 47.0 Å². The lowest BCUT2D eigenvalue weighted by atomic mass is 10.4. The summed E-state index contributed by atoms with van der Waals surface area (Å²) in [5, 5.41) is 9.80. The van der Waals surface area contributed by atoms with Crippen molar-refractivity contribution in [3.05, 3.63) is 47.8 Å². The van der Waals surface area contributed by atoms with Crippen molar-refractivity contribution in [3.8, 4) is 0 Å². The highest BCUT2D eigenvalue weighted by molar-refractivity contribution is 7.99. The summed E-state index contributed by atoms with van der Waals surface area (Å²) < 4.78 is 29.1. The predicted molar refractivity (Wildman–Crippen MR) is 96.7 cm³/mol. The Bertz CT molecular complexity index is 801. The molecule has 0 aliphatic carbocycles. The number of thioether (sulfide) groups is 1. The molecule has 9 heteroatoms. The van der Waals surface area contributed by atoms with Gasteiger partial charge in [-0.15, -0.1) is 16.8 Å². The molecule has 0 unspecified atom stereocenters. The molecule has 0 aliphatic heterocycles. The minimum Gasteiger partial charge on any atom is -0.301 e. The summed E-state index contributed by atoms with van der Waals surface area (Å²) in [6.07, 6.45) is 1.73. The Morgan fingerprint density at radius 3 is 2.58 bits per heavy atom. The van der Waals surface area contributed by atoms with Gasteiger partial charge in [-0.2, -0.15) is 0 Å². The molecule has 0 amide bonds. The van der Waals surface area contributed by atoms with Gasteiger partial charge >= 0.3 is 0 Å². The Morgan fingerprint density at radius 2 is 2.00 bits per heavy atom. The van der Waals surface area contributed by atoms with E-state index in [4.69, 9.17) is 11.6 Å². The van der Waals surface area contributed by atoms with Gasteiger partial charge in [0, 0.05) is 16.8 Å². The smallest absolute Gasteiger partial charge is 0.240 e. The highest BCUT2D eigenvalue weighted by Gasteiger charge is 2.17. The summed E-state index contributed by atoms with van der Waals surface area (Å²) in [6, 6.07) is 5.99. The van der Waals surface area contributed by atoms with Crippen LogP contribution in [0.4, 0.5) is 0 Å². The predicted octanol–water partition coefficient (Wildman–Crippen LogP) is 3.10. The summed E-state index contributed by atoms with van der Waals surface area (Å²) in [6.45, 7) is 8.40. The second-order valence-corrected chi connectivity index (χ2v) is 8.99. The fourth-order valence-corrected chi connectivity index (χ4v) is 3.84. The van der Waals surface area contributed by atoms with Crippen LogP contribution in [-0.2, 0) is 23.1 Å². The number of rotatable bonds is 8. The molecule has 0 saturated heterocycles. The van der Waals surface area contributed by atoms with E-state index in [-0.39, 0.29) is 11.4 Å². The fourth-order valence-electron chi connectivity index (χ4n) is 1.92. The van der Waals surface area contributed by atoms with Crippen LogP contribution < -0.4 is 4.72 Å². The van der Waals surface area contributed by atoms with Crippen molar-refractivity contribution in [2.24, 2.45) is 0 Å². The van der Waals surface area contributed by atoms with Gasteiger partial charge in [0.25, 0.3) is 0 Å².